The third-order valence-corrected chi connectivity index (χ3v) is 4.26. The molecule has 5 rings (SSSR count). The highest BCUT2D eigenvalue weighted by molar-refractivity contribution is 7.49. The van der Waals surface area contributed by atoms with Gasteiger partial charge in [-0.15, -0.1) is 0 Å². The molecule has 0 saturated carbocycles. The minimum absolute atomic E-state index is 0.0481. The molecule has 1 atom stereocenters. The number of rotatable bonds is 0. The lowest BCUT2D eigenvalue weighted by molar-refractivity contribution is 0.183. The van der Waals surface area contributed by atoms with Crippen LogP contribution in [0.15, 0.2) is 9.21 Å². The quantitative estimate of drug-likeness (QED) is 0.588. The molecule has 10 heteroatoms. The second-order valence-corrected chi connectivity index (χ2v) is 5.63. The molecule has 4 heterocycles. The zero-order chi connectivity index (χ0) is 14.2. The van der Waals surface area contributed by atoms with Gasteiger partial charge in [-0.3, -0.25) is 4.52 Å². The Morgan fingerprint density at radius 2 is 1.85 bits per heavy atom. The Balaban J connectivity index is 2.34. The first-order chi connectivity index (χ1) is 9.41. The van der Waals surface area contributed by atoms with E-state index in [-0.39, 0.29) is 10.9 Å². The van der Waals surface area contributed by atoms with Crippen molar-refractivity contribution in [2.24, 2.45) is 0 Å². The fourth-order valence-electron chi connectivity index (χ4n) is 2.13. The van der Waals surface area contributed by atoms with Gasteiger partial charge in [0, 0.05) is 5.56 Å². The van der Waals surface area contributed by atoms with Gasteiger partial charge in [-0.05, 0) is 0 Å². The van der Waals surface area contributed by atoms with Gasteiger partial charge in [0.05, 0.1) is 12.0 Å². The van der Waals surface area contributed by atoms with Crippen molar-refractivity contribution in [3.8, 4) is 17.2 Å². The number of phenols is 1. The van der Waals surface area contributed by atoms with Crippen LogP contribution in [0.25, 0.3) is 11.0 Å². The fraction of sp³-hybridized carbons (Fsp3) is 0.100. The summed E-state index contributed by atoms with van der Waals surface area (Å²) in [6.45, 7) is -0.397. The van der Waals surface area contributed by atoms with Gasteiger partial charge >= 0.3 is 13.4 Å². The van der Waals surface area contributed by atoms with E-state index in [4.69, 9.17) is 13.6 Å². The van der Waals surface area contributed by atoms with Crippen LogP contribution in [0.3, 0.4) is 0 Å². The molecule has 3 aliphatic rings. The lowest BCUT2D eigenvalue weighted by Crippen LogP contribution is -2.15. The Morgan fingerprint density at radius 3 is 2.60 bits per heavy atom. The molecule has 0 amide bonds. The molecule has 20 heavy (non-hydrogen) atoms. The van der Waals surface area contributed by atoms with Gasteiger partial charge in [-0.1, -0.05) is 0 Å². The standard InChI is InChI=1S/C10H3F2O7P/c11-4-6(13)5(12)9-3-2-1-16-20(15,19-9)18-7(2)10(14)17-8(3)4/h13H,1H2. The van der Waals surface area contributed by atoms with E-state index in [1.165, 1.54) is 0 Å². The monoisotopic (exact) mass is 304 g/mol. The van der Waals surface area contributed by atoms with Crippen molar-refractivity contribution in [2.75, 3.05) is 0 Å². The highest BCUT2D eigenvalue weighted by Crippen LogP contribution is 2.60. The van der Waals surface area contributed by atoms with Gasteiger partial charge in [0.15, 0.2) is 17.1 Å². The first kappa shape index (κ1) is 11.7. The predicted molar refractivity (Wildman–Crippen MR) is 57.7 cm³/mol. The number of benzene rings is 1. The molecule has 3 aliphatic heterocycles. The van der Waals surface area contributed by atoms with Gasteiger partial charge in [0.1, 0.15) is 0 Å². The van der Waals surface area contributed by atoms with Crippen molar-refractivity contribution in [1.29, 1.82) is 0 Å². The summed E-state index contributed by atoms with van der Waals surface area (Å²) in [7, 11) is -4.27. The maximum absolute atomic E-state index is 13.9. The summed E-state index contributed by atoms with van der Waals surface area (Å²) in [6.07, 6.45) is 0. The molecule has 1 unspecified atom stereocenters. The van der Waals surface area contributed by atoms with Gasteiger partial charge in [0.25, 0.3) is 0 Å². The summed E-state index contributed by atoms with van der Waals surface area (Å²) >= 11 is 0. The molecular formula is C10H3F2O7P. The highest BCUT2D eigenvalue weighted by Gasteiger charge is 2.45. The molecule has 104 valence electrons. The van der Waals surface area contributed by atoms with Crippen LogP contribution in [0.4, 0.5) is 8.78 Å². The van der Waals surface area contributed by atoms with Crippen molar-refractivity contribution >= 4 is 18.8 Å². The van der Waals surface area contributed by atoms with Crippen molar-refractivity contribution in [1.82, 2.24) is 0 Å². The van der Waals surface area contributed by atoms with Crippen LogP contribution in [-0.2, 0) is 15.7 Å². The topological polar surface area (TPSA) is 95.2 Å². The lowest BCUT2D eigenvalue weighted by atomic mass is 10.1. The fourth-order valence-corrected chi connectivity index (χ4v) is 3.37. The Kier molecular flexibility index (Phi) is 1.93. The number of aromatic hydroxyl groups is 1. The average Bonchev–Trinajstić information content (AvgIpc) is 2.62. The molecule has 0 radical (unpaired) electrons. The SMILES string of the molecule is O=c1oc2c(F)c(O)c(F)c3c2c2c1OP(=O)(OC2)O3. The first-order valence-corrected chi connectivity index (χ1v) is 6.71. The second kappa shape index (κ2) is 3.31. The van der Waals surface area contributed by atoms with E-state index in [0.29, 0.717) is 0 Å². The Hall–Kier alpha value is -2.12. The van der Waals surface area contributed by atoms with Gasteiger partial charge in [0.2, 0.25) is 17.4 Å². The first-order valence-electron chi connectivity index (χ1n) is 5.24. The van der Waals surface area contributed by atoms with Crippen LogP contribution in [0.2, 0.25) is 0 Å². The minimum atomic E-state index is -4.27. The normalized spacial score (nSPS) is 22.7. The molecule has 1 aromatic carbocycles. The number of phosphoric ester groups is 1. The van der Waals surface area contributed by atoms with Crippen LogP contribution >= 0.6 is 7.82 Å². The highest BCUT2D eigenvalue weighted by atomic mass is 31.2. The van der Waals surface area contributed by atoms with Gasteiger partial charge in [-0.25, -0.2) is 9.36 Å². The van der Waals surface area contributed by atoms with Crippen LogP contribution in [0.1, 0.15) is 5.56 Å². The van der Waals surface area contributed by atoms with Crippen LogP contribution < -0.4 is 14.7 Å². The van der Waals surface area contributed by atoms with Crippen molar-refractivity contribution in [3.63, 3.8) is 0 Å². The third-order valence-electron chi connectivity index (χ3n) is 3.00. The number of hydrogen-bond acceptors (Lipinski definition) is 7. The molecule has 1 N–H and O–H groups in total. The molecule has 7 nitrogen and oxygen atoms in total. The summed E-state index contributed by atoms with van der Waals surface area (Å²) < 4.78 is 58.7. The van der Waals surface area contributed by atoms with E-state index >= 15 is 0 Å². The molecule has 0 fully saturated rings. The Labute approximate surface area is 107 Å². The minimum Gasteiger partial charge on any atom is -0.503 e. The van der Waals surface area contributed by atoms with E-state index in [0.717, 1.165) is 0 Å². The smallest absolute Gasteiger partial charge is 0.503 e. The second-order valence-electron chi connectivity index (χ2n) is 4.11. The van der Waals surface area contributed by atoms with Crippen LogP contribution in [0, 0.1) is 11.6 Å². The molecular weight excluding hydrogens is 301 g/mol. The number of halogens is 2. The third kappa shape index (κ3) is 1.21. The van der Waals surface area contributed by atoms with E-state index in [9.17, 15) is 23.2 Å². The van der Waals surface area contributed by atoms with Gasteiger partial charge in [-0.2, -0.15) is 8.78 Å². The van der Waals surface area contributed by atoms with Crippen molar-refractivity contribution in [3.05, 3.63) is 27.6 Å². The average molecular weight is 304 g/mol. The Bertz CT molecular complexity index is 903. The van der Waals surface area contributed by atoms with E-state index < -0.39 is 54.5 Å². The number of phosphoric acid groups is 1. The Morgan fingerprint density at radius 1 is 1.15 bits per heavy atom. The molecule has 2 aromatic rings. The maximum Gasteiger partial charge on any atom is 0.588 e. The summed E-state index contributed by atoms with van der Waals surface area (Å²) in [6, 6.07) is 0. The summed E-state index contributed by atoms with van der Waals surface area (Å²) in [5, 5.41) is 9.05. The summed E-state index contributed by atoms with van der Waals surface area (Å²) in [4.78, 5) is 11.7. The lowest BCUT2D eigenvalue weighted by Gasteiger charge is -2.19. The molecule has 1 aromatic heterocycles. The number of fused-ring (bicyclic) bond motifs is 1. The molecule has 0 saturated heterocycles. The summed E-state index contributed by atoms with van der Waals surface area (Å²) in [5.74, 6) is -5.57. The molecule has 4 bridgehead atoms. The predicted octanol–water partition coefficient (Wildman–Crippen LogP) is 2.19. The van der Waals surface area contributed by atoms with Crippen LogP contribution in [-0.4, -0.2) is 5.11 Å². The molecule has 0 aliphatic carbocycles. The summed E-state index contributed by atoms with van der Waals surface area (Å²) in [5.41, 5.74) is -1.89. The van der Waals surface area contributed by atoms with E-state index in [1.807, 2.05) is 0 Å². The zero-order valence-electron chi connectivity index (χ0n) is 9.31. The molecule has 0 spiro atoms. The van der Waals surface area contributed by atoms with Crippen molar-refractivity contribution in [2.45, 2.75) is 6.61 Å². The largest absolute Gasteiger partial charge is 0.588 e. The van der Waals surface area contributed by atoms with Crippen molar-refractivity contribution < 1.29 is 36.4 Å². The zero-order valence-corrected chi connectivity index (χ0v) is 10.2. The van der Waals surface area contributed by atoms with Gasteiger partial charge < -0.3 is 18.6 Å². The maximum atomic E-state index is 13.9. The number of phenolic OH excluding ortho intramolecular Hbond substituents is 1. The van der Waals surface area contributed by atoms with Crippen LogP contribution in [0.5, 0.6) is 17.2 Å². The van der Waals surface area contributed by atoms with E-state index in [2.05, 4.69) is 4.42 Å². The van der Waals surface area contributed by atoms with E-state index in [1.54, 1.807) is 0 Å². The number of hydrogen-bond donors (Lipinski definition) is 1.